The summed E-state index contributed by atoms with van der Waals surface area (Å²) < 4.78 is 0. The van der Waals surface area contributed by atoms with Gasteiger partial charge in [-0.3, -0.25) is 4.84 Å². The van der Waals surface area contributed by atoms with E-state index in [-0.39, 0.29) is 0 Å². The molecule has 0 amide bonds. The van der Waals surface area contributed by atoms with E-state index in [1.54, 1.807) is 17.2 Å². The van der Waals surface area contributed by atoms with E-state index >= 15 is 0 Å². The predicted octanol–water partition coefficient (Wildman–Crippen LogP) is 1.46. The van der Waals surface area contributed by atoms with E-state index in [2.05, 4.69) is 4.98 Å². The van der Waals surface area contributed by atoms with Crippen molar-refractivity contribution in [3.8, 4) is 0 Å². The Morgan fingerprint density at radius 1 is 1.54 bits per heavy atom. The molecule has 0 aliphatic carbocycles. The highest BCUT2D eigenvalue weighted by atomic mass is 35.5. The molecule has 1 aromatic rings. The molecule has 1 aliphatic rings. The van der Waals surface area contributed by atoms with Crippen molar-refractivity contribution in [2.75, 3.05) is 23.9 Å². The Hall–Kier alpha value is -1.00. The average molecular weight is 200 g/mol. The molecule has 0 bridgehead atoms. The lowest BCUT2D eigenvalue weighted by molar-refractivity contribution is 0.166. The van der Waals surface area contributed by atoms with E-state index in [1.165, 1.54) is 0 Å². The summed E-state index contributed by atoms with van der Waals surface area (Å²) in [5.41, 5.74) is 6.32. The number of nitrogens with zero attached hydrogens (tertiary/aromatic N) is 2. The molecule has 0 atom stereocenters. The molecule has 0 radical (unpaired) electrons. The van der Waals surface area contributed by atoms with E-state index in [1.807, 2.05) is 0 Å². The highest BCUT2D eigenvalue weighted by Crippen LogP contribution is 2.25. The SMILES string of the molecule is Nc1ccc(Cl)nc1N1CCCO1. The van der Waals surface area contributed by atoms with Crippen molar-refractivity contribution >= 4 is 23.1 Å². The molecular weight excluding hydrogens is 190 g/mol. The summed E-state index contributed by atoms with van der Waals surface area (Å²) in [7, 11) is 0. The number of nitrogen functional groups attached to an aromatic ring is 1. The Morgan fingerprint density at radius 3 is 3.08 bits per heavy atom. The minimum absolute atomic E-state index is 0.430. The summed E-state index contributed by atoms with van der Waals surface area (Å²) in [6.07, 6.45) is 0.994. The zero-order valence-corrected chi connectivity index (χ0v) is 7.79. The summed E-state index contributed by atoms with van der Waals surface area (Å²) >= 11 is 5.75. The van der Waals surface area contributed by atoms with Crippen LogP contribution in [0.15, 0.2) is 12.1 Å². The van der Waals surface area contributed by atoms with Gasteiger partial charge in [0.2, 0.25) is 0 Å². The topological polar surface area (TPSA) is 51.4 Å². The first-order valence-electron chi connectivity index (χ1n) is 4.10. The number of aromatic nitrogens is 1. The Bertz CT molecular complexity index is 312. The van der Waals surface area contributed by atoms with E-state index in [0.717, 1.165) is 13.0 Å². The standard InChI is InChI=1S/C8H10ClN3O/c9-7-3-2-6(10)8(11-7)12-4-1-5-13-12/h2-3H,1,4-5,10H2. The minimum atomic E-state index is 0.430. The van der Waals surface area contributed by atoms with Crippen molar-refractivity contribution in [2.24, 2.45) is 0 Å². The third kappa shape index (κ3) is 1.68. The zero-order chi connectivity index (χ0) is 9.26. The quantitative estimate of drug-likeness (QED) is 0.696. The van der Waals surface area contributed by atoms with Gasteiger partial charge in [-0.15, -0.1) is 0 Å². The lowest BCUT2D eigenvalue weighted by atomic mass is 10.4. The molecule has 0 unspecified atom stereocenters. The first kappa shape index (κ1) is 8.59. The molecule has 2 N–H and O–H groups in total. The van der Waals surface area contributed by atoms with Gasteiger partial charge >= 0.3 is 0 Å². The number of hydroxylamine groups is 1. The van der Waals surface area contributed by atoms with Crippen LogP contribution in [0.5, 0.6) is 0 Å². The fraction of sp³-hybridized carbons (Fsp3) is 0.375. The third-order valence-corrected chi connectivity index (χ3v) is 2.07. The smallest absolute Gasteiger partial charge is 0.177 e. The van der Waals surface area contributed by atoms with E-state index < -0.39 is 0 Å². The molecule has 1 aromatic heterocycles. The lowest BCUT2D eigenvalue weighted by Gasteiger charge is -2.16. The Kier molecular flexibility index (Phi) is 2.24. The molecule has 1 fully saturated rings. The normalized spacial score (nSPS) is 16.5. The van der Waals surface area contributed by atoms with Gasteiger partial charge in [0.1, 0.15) is 5.15 Å². The Balaban J connectivity index is 2.32. The fourth-order valence-electron chi connectivity index (χ4n) is 1.25. The summed E-state index contributed by atoms with van der Waals surface area (Å²) in [4.78, 5) is 9.40. The summed E-state index contributed by atoms with van der Waals surface area (Å²) in [6, 6.07) is 3.39. The van der Waals surface area contributed by atoms with E-state index in [0.29, 0.717) is 23.3 Å². The third-order valence-electron chi connectivity index (χ3n) is 1.86. The highest BCUT2D eigenvalue weighted by molar-refractivity contribution is 6.29. The van der Waals surface area contributed by atoms with Crippen LogP contribution >= 0.6 is 11.6 Å². The van der Waals surface area contributed by atoms with Crippen molar-refractivity contribution in [3.63, 3.8) is 0 Å². The molecule has 1 aliphatic heterocycles. The number of hydrogen-bond donors (Lipinski definition) is 1. The summed E-state index contributed by atoms with van der Waals surface area (Å²) in [6.45, 7) is 1.53. The molecule has 4 nitrogen and oxygen atoms in total. The molecule has 5 heteroatoms. The van der Waals surface area contributed by atoms with Crippen LogP contribution in [0.1, 0.15) is 6.42 Å². The van der Waals surface area contributed by atoms with Crippen LogP contribution in [0.25, 0.3) is 0 Å². The molecule has 13 heavy (non-hydrogen) atoms. The molecular formula is C8H10ClN3O. The number of hydrogen-bond acceptors (Lipinski definition) is 4. The second-order valence-corrected chi connectivity index (χ2v) is 3.22. The van der Waals surface area contributed by atoms with Crippen molar-refractivity contribution in [2.45, 2.75) is 6.42 Å². The largest absolute Gasteiger partial charge is 0.396 e. The molecule has 70 valence electrons. The summed E-state index contributed by atoms with van der Waals surface area (Å²) in [5, 5.41) is 2.11. The fourth-order valence-corrected chi connectivity index (χ4v) is 1.39. The molecule has 2 rings (SSSR count). The van der Waals surface area contributed by atoms with Gasteiger partial charge in [-0.2, -0.15) is 0 Å². The second kappa shape index (κ2) is 3.40. The lowest BCUT2D eigenvalue weighted by Crippen LogP contribution is -2.19. The van der Waals surface area contributed by atoms with Gasteiger partial charge in [-0.05, 0) is 18.6 Å². The molecule has 2 heterocycles. The van der Waals surface area contributed by atoms with E-state index in [4.69, 9.17) is 22.2 Å². The van der Waals surface area contributed by atoms with E-state index in [9.17, 15) is 0 Å². The number of halogens is 1. The van der Waals surface area contributed by atoms with Crippen molar-refractivity contribution < 1.29 is 4.84 Å². The Labute approximate surface area is 81.2 Å². The van der Waals surface area contributed by atoms with Gasteiger partial charge < -0.3 is 5.73 Å². The van der Waals surface area contributed by atoms with Crippen LogP contribution in [-0.2, 0) is 4.84 Å². The van der Waals surface area contributed by atoms with Crippen molar-refractivity contribution in [1.29, 1.82) is 0 Å². The maximum absolute atomic E-state index is 5.75. The van der Waals surface area contributed by atoms with Gasteiger partial charge in [0.05, 0.1) is 12.3 Å². The van der Waals surface area contributed by atoms with Crippen LogP contribution in [0.2, 0.25) is 5.15 Å². The van der Waals surface area contributed by atoms with Crippen molar-refractivity contribution in [3.05, 3.63) is 17.3 Å². The van der Waals surface area contributed by atoms with Crippen LogP contribution in [0.4, 0.5) is 11.5 Å². The van der Waals surface area contributed by atoms with Crippen LogP contribution < -0.4 is 10.8 Å². The van der Waals surface area contributed by atoms with Gasteiger partial charge in [-0.1, -0.05) is 11.6 Å². The van der Waals surface area contributed by atoms with Crippen molar-refractivity contribution in [1.82, 2.24) is 4.98 Å². The first-order valence-corrected chi connectivity index (χ1v) is 4.47. The monoisotopic (exact) mass is 199 g/mol. The maximum Gasteiger partial charge on any atom is 0.177 e. The summed E-state index contributed by atoms with van der Waals surface area (Å²) in [5.74, 6) is 0.616. The number of rotatable bonds is 1. The number of anilines is 2. The predicted molar refractivity (Wildman–Crippen MR) is 51.6 cm³/mol. The van der Waals surface area contributed by atoms with Gasteiger partial charge in [0, 0.05) is 6.54 Å². The average Bonchev–Trinajstić information content (AvgIpc) is 2.61. The van der Waals surface area contributed by atoms with Crippen LogP contribution in [-0.4, -0.2) is 18.1 Å². The highest BCUT2D eigenvalue weighted by Gasteiger charge is 2.17. The van der Waals surface area contributed by atoms with Crippen LogP contribution in [0, 0.1) is 0 Å². The first-order chi connectivity index (χ1) is 6.27. The minimum Gasteiger partial charge on any atom is -0.396 e. The molecule has 0 aromatic carbocycles. The zero-order valence-electron chi connectivity index (χ0n) is 7.03. The van der Waals surface area contributed by atoms with Gasteiger partial charge in [0.25, 0.3) is 0 Å². The molecule has 0 spiro atoms. The number of nitrogens with two attached hydrogens (primary N) is 1. The van der Waals surface area contributed by atoms with Crippen LogP contribution in [0.3, 0.4) is 0 Å². The maximum atomic E-state index is 5.75. The van der Waals surface area contributed by atoms with Gasteiger partial charge in [-0.25, -0.2) is 10.0 Å². The molecule has 0 saturated carbocycles. The van der Waals surface area contributed by atoms with Gasteiger partial charge in [0.15, 0.2) is 5.82 Å². The second-order valence-electron chi connectivity index (χ2n) is 2.84. The Morgan fingerprint density at radius 2 is 2.38 bits per heavy atom. The number of pyridine rings is 1. The molecule has 1 saturated heterocycles.